The van der Waals surface area contributed by atoms with Crippen LogP contribution in [-0.2, 0) is 11.3 Å². The van der Waals surface area contributed by atoms with Gasteiger partial charge in [-0.05, 0) is 13.0 Å². The van der Waals surface area contributed by atoms with Gasteiger partial charge in [0, 0.05) is 42.2 Å². The summed E-state index contributed by atoms with van der Waals surface area (Å²) in [5, 5.41) is 1.15. The van der Waals surface area contributed by atoms with Crippen LogP contribution < -0.4 is 10.3 Å². The van der Waals surface area contributed by atoms with Gasteiger partial charge in [0.2, 0.25) is 0 Å². The predicted octanol–water partition coefficient (Wildman–Crippen LogP) is 4.70. The number of rotatable bonds is 9. The number of hydrogen-bond donors (Lipinski definition) is 0. The van der Waals surface area contributed by atoms with E-state index in [9.17, 15) is 14.4 Å². The van der Waals surface area contributed by atoms with Gasteiger partial charge in [0.25, 0.3) is 11.5 Å². The molecule has 1 fully saturated rings. The van der Waals surface area contributed by atoms with E-state index in [0.29, 0.717) is 58.1 Å². The van der Waals surface area contributed by atoms with Crippen LogP contribution in [0.15, 0.2) is 59.4 Å². The summed E-state index contributed by atoms with van der Waals surface area (Å²) in [7, 11) is 0. The SMILES string of the molecule is CCOCCOc1c(C(=O)N2CCSCC2)sc2c1c(=O)n(CC(=O)c1ccccc1)c1ccccc21. The minimum absolute atomic E-state index is 0.111. The molecule has 0 atom stereocenters. The van der Waals surface area contributed by atoms with Crippen molar-refractivity contribution in [2.24, 2.45) is 0 Å². The fourth-order valence-electron chi connectivity index (χ4n) is 4.50. The number of aromatic nitrogens is 1. The van der Waals surface area contributed by atoms with Crippen LogP contribution in [0.4, 0.5) is 0 Å². The molecule has 7 nitrogen and oxygen atoms in total. The van der Waals surface area contributed by atoms with Gasteiger partial charge < -0.3 is 14.4 Å². The van der Waals surface area contributed by atoms with Crippen molar-refractivity contribution in [2.45, 2.75) is 13.5 Å². The van der Waals surface area contributed by atoms with Gasteiger partial charge >= 0.3 is 0 Å². The predicted molar refractivity (Wildman–Crippen MR) is 150 cm³/mol. The molecule has 0 saturated carbocycles. The average Bonchev–Trinajstić information content (AvgIpc) is 3.33. The quantitative estimate of drug-likeness (QED) is 0.228. The highest BCUT2D eigenvalue weighted by Gasteiger charge is 2.29. The molecule has 3 heterocycles. The first-order valence-corrected chi connectivity index (χ1v) is 14.3. The fourth-order valence-corrected chi connectivity index (χ4v) is 6.64. The number of thiophene rings is 1. The summed E-state index contributed by atoms with van der Waals surface area (Å²) in [5.74, 6) is 1.77. The lowest BCUT2D eigenvalue weighted by Crippen LogP contribution is -2.37. The zero-order valence-electron chi connectivity index (χ0n) is 20.6. The Morgan fingerprint density at radius 2 is 1.70 bits per heavy atom. The normalized spacial score (nSPS) is 13.8. The smallest absolute Gasteiger partial charge is 0.267 e. The molecule has 4 aromatic rings. The monoisotopic (exact) mass is 536 g/mol. The maximum atomic E-state index is 14.0. The van der Waals surface area contributed by atoms with E-state index in [2.05, 4.69) is 0 Å². The van der Waals surface area contributed by atoms with E-state index in [1.807, 2.05) is 53.9 Å². The lowest BCUT2D eigenvalue weighted by molar-refractivity contribution is 0.0767. The number of Topliss-reactive ketones (excluding diaryl/α,β-unsaturated/α-hetero) is 1. The van der Waals surface area contributed by atoms with Gasteiger partial charge in [-0.3, -0.25) is 19.0 Å². The molecule has 192 valence electrons. The van der Waals surface area contributed by atoms with E-state index < -0.39 is 0 Å². The van der Waals surface area contributed by atoms with E-state index in [4.69, 9.17) is 9.47 Å². The van der Waals surface area contributed by atoms with Crippen LogP contribution in [0.5, 0.6) is 5.75 Å². The van der Waals surface area contributed by atoms with Gasteiger partial charge in [0.1, 0.15) is 16.9 Å². The number of benzene rings is 2. The highest BCUT2D eigenvalue weighted by Crippen LogP contribution is 2.40. The number of thioether (sulfide) groups is 1. The van der Waals surface area contributed by atoms with Crippen LogP contribution in [0, 0.1) is 0 Å². The highest BCUT2D eigenvalue weighted by atomic mass is 32.2. The van der Waals surface area contributed by atoms with Gasteiger partial charge in [-0.1, -0.05) is 48.5 Å². The summed E-state index contributed by atoms with van der Waals surface area (Å²) in [6.07, 6.45) is 0. The zero-order valence-corrected chi connectivity index (χ0v) is 22.2. The van der Waals surface area contributed by atoms with Crippen molar-refractivity contribution < 1.29 is 19.1 Å². The van der Waals surface area contributed by atoms with E-state index in [1.165, 1.54) is 15.9 Å². The van der Waals surface area contributed by atoms with Crippen LogP contribution >= 0.6 is 23.1 Å². The average molecular weight is 537 g/mol. The fraction of sp³-hybridized carbons (Fsp3) is 0.321. The first kappa shape index (κ1) is 25.5. The Hall–Kier alpha value is -3.14. The van der Waals surface area contributed by atoms with E-state index in [-0.39, 0.29) is 30.4 Å². The van der Waals surface area contributed by atoms with Gasteiger partial charge in [-0.25, -0.2) is 0 Å². The number of nitrogens with zero attached hydrogens (tertiary/aromatic N) is 2. The van der Waals surface area contributed by atoms with Crippen LogP contribution in [0.2, 0.25) is 0 Å². The van der Waals surface area contributed by atoms with Crippen molar-refractivity contribution in [1.82, 2.24) is 9.47 Å². The topological polar surface area (TPSA) is 77.8 Å². The van der Waals surface area contributed by atoms with Crippen molar-refractivity contribution in [3.8, 4) is 5.75 Å². The number of carbonyl (C=O) groups excluding carboxylic acids is 2. The van der Waals surface area contributed by atoms with Crippen molar-refractivity contribution in [1.29, 1.82) is 0 Å². The molecule has 0 N–H and O–H groups in total. The second kappa shape index (κ2) is 11.5. The van der Waals surface area contributed by atoms with Crippen molar-refractivity contribution in [3.05, 3.63) is 75.4 Å². The van der Waals surface area contributed by atoms with Gasteiger partial charge in [0.15, 0.2) is 11.5 Å². The Labute approximate surface area is 223 Å². The third-order valence-corrected chi connectivity index (χ3v) is 8.47. The third-order valence-electron chi connectivity index (χ3n) is 6.33. The molecular formula is C28H28N2O5S2. The largest absolute Gasteiger partial charge is 0.489 e. The Bertz CT molecular complexity index is 1490. The molecule has 0 unspecified atom stereocenters. The van der Waals surface area contributed by atoms with Gasteiger partial charge in [-0.15, -0.1) is 11.3 Å². The molecule has 9 heteroatoms. The molecular weight excluding hydrogens is 508 g/mol. The number of hydrogen-bond acceptors (Lipinski definition) is 7. The maximum Gasteiger partial charge on any atom is 0.267 e. The third kappa shape index (κ3) is 5.16. The van der Waals surface area contributed by atoms with Crippen molar-refractivity contribution in [2.75, 3.05) is 44.4 Å². The summed E-state index contributed by atoms with van der Waals surface area (Å²) < 4.78 is 13.8. The minimum Gasteiger partial charge on any atom is -0.489 e. The first-order chi connectivity index (χ1) is 18.1. The number of ketones is 1. The van der Waals surface area contributed by atoms with Crippen LogP contribution in [0.3, 0.4) is 0 Å². The molecule has 1 saturated heterocycles. The summed E-state index contributed by atoms with van der Waals surface area (Å²) in [6.45, 7) is 4.21. The summed E-state index contributed by atoms with van der Waals surface area (Å²) in [4.78, 5) is 43.0. The molecule has 0 spiro atoms. The molecule has 5 rings (SSSR count). The maximum absolute atomic E-state index is 14.0. The van der Waals surface area contributed by atoms with Gasteiger partial charge in [-0.2, -0.15) is 11.8 Å². The van der Waals surface area contributed by atoms with Crippen LogP contribution in [-0.4, -0.2) is 65.6 Å². The minimum atomic E-state index is -0.339. The zero-order chi connectivity index (χ0) is 25.8. The van der Waals surface area contributed by atoms with Gasteiger partial charge in [0.05, 0.1) is 23.4 Å². The molecule has 1 aliphatic rings. The highest BCUT2D eigenvalue weighted by molar-refractivity contribution is 7.99. The van der Waals surface area contributed by atoms with E-state index in [0.717, 1.165) is 16.9 Å². The number of pyridine rings is 1. The molecule has 1 amide bonds. The Kier molecular flexibility index (Phi) is 7.93. The number of fused-ring (bicyclic) bond motifs is 3. The second-order valence-corrected chi connectivity index (χ2v) is 10.9. The Morgan fingerprint density at radius 1 is 0.973 bits per heavy atom. The van der Waals surface area contributed by atoms with Crippen LogP contribution in [0.1, 0.15) is 27.0 Å². The second-order valence-electron chi connectivity index (χ2n) is 8.61. The number of amides is 1. The van der Waals surface area contributed by atoms with Crippen molar-refractivity contribution in [3.63, 3.8) is 0 Å². The lowest BCUT2D eigenvalue weighted by Gasteiger charge is -2.26. The standard InChI is InChI=1S/C28H28N2O5S2/c1-2-34-14-15-35-24-23-25(37-26(24)28(33)29-12-16-36-17-13-29)20-10-6-7-11-21(20)30(27(23)32)18-22(31)19-8-4-3-5-9-19/h3-11H,2,12-18H2,1H3. The van der Waals surface area contributed by atoms with Crippen LogP contribution in [0.25, 0.3) is 21.0 Å². The number of ether oxygens (including phenoxy) is 2. The summed E-state index contributed by atoms with van der Waals surface area (Å²) in [6, 6.07) is 16.5. The summed E-state index contributed by atoms with van der Waals surface area (Å²) >= 11 is 3.12. The van der Waals surface area contributed by atoms with Crippen molar-refractivity contribution >= 4 is 55.8 Å². The van der Waals surface area contributed by atoms with E-state index >= 15 is 0 Å². The number of carbonyl (C=O) groups is 2. The first-order valence-electron chi connectivity index (χ1n) is 12.3. The Morgan fingerprint density at radius 3 is 2.46 bits per heavy atom. The molecule has 0 radical (unpaired) electrons. The number of para-hydroxylation sites is 1. The molecule has 0 bridgehead atoms. The Balaban J connectivity index is 1.67. The molecule has 37 heavy (non-hydrogen) atoms. The molecule has 1 aliphatic heterocycles. The molecule has 2 aromatic carbocycles. The molecule has 2 aromatic heterocycles. The molecule has 0 aliphatic carbocycles. The summed E-state index contributed by atoms with van der Waals surface area (Å²) in [5.41, 5.74) is 0.851. The van der Waals surface area contributed by atoms with E-state index in [1.54, 1.807) is 24.3 Å². The lowest BCUT2D eigenvalue weighted by atomic mass is 10.1.